The second-order valence-corrected chi connectivity index (χ2v) is 8.89. The number of aryl methyl sites for hydroxylation is 2. The fraction of sp³-hybridized carbons (Fsp3) is 0.286. The zero-order valence-corrected chi connectivity index (χ0v) is 20.2. The van der Waals surface area contributed by atoms with Crippen LogP contribution >= 0.6 is 0 Å². The number of nitrogens with zero attached hydrogens (tertiary/aromatic N) is 3. The number of oxazole rings is 1. The third-order valence-corrected chi connectivity index (χ3v) is 6.37. The number of furan rings is 1. The molecule has 2 aromatic heterocycles. The SMILES string of the molecule is Cc1ccc(CNC(=O)c2ccc(-c3nc(CN4CCN(c5ccccc5)CC4)c(C)o3)cc2)o1. The summed E-state index contributed by atoms with van der Waals surface area (Å²) in [6.45, 7) is 8.93. The largest absolute Gasteiger partial charge is 0.465 e. The lowest BCUT2D eigenvalue weighted by molar-refractivity contribution is 0.0948. The summed E-state index contributed by atoms with van der Waals surface area (Å²) in [6.07, 6.45) is 0. The van der Waals surface area contributed by atoms with Gasteiger partial charge in [-0.05, 0) is 62.4 Å². The van der Waals surface area contributed by atoms with Crippen LogP contribution in [0.2, 0.25) is 0 Å². The summed E-state index contributed by atoms with van der Waals surface area (Å²) in [5.74, 6) is 2.83. The predicted octanol–water partition coefficient (Wildman–Crippen LogP) is 4.80. The maximum absolute atomic E-state index is 12.5. The monoisotopic (exact) mass is 470 g/mol. The molecule has 1 fully saturated rings. The maximum Gasteiger partial charge on any atom is 0.251 e. The number of nitrogens with one attached hydrogen (secondary N) is 1. The van der Waals surface area contributed by atoms with E-state index in [1.807, 2.05) is 38.1 Å². The Morgan fingerprint density at radius 1 is 0.914 bits per heavy atom. The van der Waals surface area contributed by atoms with Crippen LogP contribution in [-0.2, 0) is 13.1 Å². The zero-order chi connectivity index (χ0) is 24.2. The fourth-order valence-electron chi connectivity index (χ4n) is 4.33. The van der Waals surface area contributed by atoms with Crippen LogP contribution < -0.4 is 10.2 Å². The minimum absolute atomic E-state index is 0.149. The molecule has 0 atom stereocenters. The molecule has 7 heteroatoms. The molecule has 0 spiro atoms. The Morgan fingerprint density at radius 3 is 2.34 bits per heavy atom. The van der Waals surface area contributed by atoms with Gasteiger partial charge in [-0.15, -0.1) is 0 Å². The molecule has 0 unspecified atom stereocenters. The third kappa shape index (κ3) is 5.46. The first-order valence-corrected chi connectivity index (χ1v) is 12.0. The van der Waals surface area contributed by atoms with Crippen molar-refractivity contribution in [2.75, 3.05) is 31.1 Å². The Morgan fingerprint density at radius 2 is 1.66 bits per heavy atom. The van der Waals surface area contributed by atoms with Gasteiger partial charge in [-0.3, -0.25) is 9.69 Å². The number of para-hydroxylation sites is 1. The molecular formula is C28H30N4O3. The normalized spacial score (nSPS) is 14.3. The van der Waals surface area contributed by atoms with Crippen molar-refractivity contribution in [2.45, 2.75) is 26.9 Å². The molecule has 5 rings (SSSR count). The Kier molecular flexibility index (Phi) is 6.68. The van der Waals surface area contributed by atoms with Gasteiger partial charge in [0.15, 0.2) is 0 Å². The lowest BCUT2D eigenvalue weighted by Gasteiger charge is -2.35. The average Bonchev–Trinajstić information content (AvgIpc) is 3.48. The molecule has 0 saturated carbocycles. The molecule has 1 saturated heterocycles. The summed E-state index contributed by atoms with van der Waals surface area (Å²) >= 11 is 0. The Balaban J connectivity index is 1.17. The van der Waals surface area contributed by atoms with E-state index in [0.29, 0.717) is 18.0 Å². The van der Waals surface area contributed by atoms with Crippen molar-refractivity contribution in [1.29, 1.82) is 0 Å². The van der Waals surface area contributed by atoms with E-state index in [1.165, 1.54) is 5.69 Å². The summed E-state index contributed by atoms with van der Waals surface area (Å²) in [5.41, 5.74) is 3.67. The molecule has 180 valence electrons. The van der Waals surface area contributed by atoms with E-state index in [2.05, 4.69) is 45.4 Å². The number of carbonyl (C=O) groups is 1. The molecule has 1 aliphatic heterocycles. The van der Waals surface area contributed by atoms with Gasteiger partial charge in [0.05, 0.1) is 12.2 Å². The smallest absolute Gasteiger partial charge is 0.251 e. The highest BCUT2D eigenvalue weighted by atomic mass is 16.4. The van der Waals surface area contributed by atoms with Crippen LogP contribution in [-0.4, -0.2) is 42.0 Å². The maximum atomic E-state index is 12.5. The summed E-state index contributed by atoms with van der Waals surface area (Å²) in [4.78, 5) is 22.1. The van der Waals surface area contributed by atoms with E-state index in [1.54, 1.807) is 12.1 Å². The molecular weight excluding hydrogens is 440 g/mol. The number of hydrogen-bond acceptors (Lipinski definition) is 6. The predicted molar refractivity (Wildman–Crippen MR) is 135 cm³/mol. The van der Waals surface area contributed by atoms with Crippen molar-refractivity contribution < 1.29 is 13.6 Å². The molecule has 4 aromatic rings. The number of aromatic nitrogens is 1. The average molecular weight is 471 g/mol. The van der Waals surface area contributed by atoms with E-state index < -0.39 is 0 Å². The second kappa shape index (κ2) is 10.2. The lowest BCUT2D eigenvalue weighted by atomic mass is 10.1. The van der Waals surface area contributed by atoms with Gasteiger partial charge in [0.2, 0.25) is 5.89 Å². The summed E-state index contributed by atoms with van der Waals surface area (Å²) < 4.78 is 11.5. The van der Waals surface area contributed by atoms with Crippen molar-refractivity contribution in [3.05, 3.63) is 95.3 Å². The van der Waals surface area contributed by atoms with Gasteiger partial charge in [0.1, 0.15) is 17.3 Å². The van der Waals surface area contributed by atoms with Crippen molar-refractivity contribution in [3.63, 3.8) is 0 Å². The first-order chi connectivity index (χ1) is 17.0. The second-order valence-electron chi connectivity index (χ2n) is 8.89. The summed E-state index contributed by atoms with van der Waals surface area (Å²) in [5, 5.41) is 2.88. The van der Waals surface area contributed by atoms with E-state index >= 15 is 0 Å². The van der Waals surface area contributed by atoms with Gasteiger partial charge in [-0.1, -0.05) is 18.2 Å². The fourth-order valence-corrected chi connectivity index (χ4v) is 4.33. The van der Waals surface area contributed by atoms with E-state index in [4.69, 9.17) is 13.8 Å². The number of carbonyl (C=O) groups excluding carboxylic acids is 1. The van der Waals surface area contributed by atoms with E-state index in [0.717, 1.165) is 61.3 Å². The molecule has 2 aromatic carbocycles. The number of hydrogen-bond donors (Lipinski definition) is 1. The molecule has 1 aliphatic rings. The highest BCUT2D eigenvalue weighted by Crippen LogP contribution is 2.24. The topological polar surface area (TPSA) is 74.8 Å². The number of piperazine rings is 1. The van der Waals surface area contributed by atoms with Crippen LogP contribution in [0.15, 0.2) is 75.6 Å². The Bertz CT molecular complexity index is 1270. The third-order valence-electron chi connectivity index (χ3n) is 6.37. The number of amides is 1. The molecule has 0 radical (unpaired) electrons. The van der Waals surface area contributed by atoms with Crippen LogP contribution in [0.25, 0.3) is 11.5 Å². The quantitative estimate of drug-likeness (QED) is 0.418. The summed E-state index contributed by atoms with van der Waals surface area (Å²) in [7, 11) is 0. The zero-order valence-electron chi connectivity index (χ0n) is 20.2. The van der Waals surface area contributed by atoms with Gasteiger partial charge in [0.25, 0.3) is 5.91 Å². The van der Waals surface area contributed by atoms with E-state index in [-0.39, 0.29) is 5.91 Å². The molecule has 3 heterocycles. The molecule has 1 N–H and O–H groups in total. The van der Waals surface area contributed by atoms with Crippen LogP contribution in [0, 0.1) is 13.8 Å². The standard InChI is InChI=1S/C28H30N4O3/c1-20-8-13-25(34-20)18-29-27(33)22-9-11-23(12-10-22)28-30-26(21(2)35-28)19-31-14-16-32(17-15-31)24-6-4-3-5-7-24/h3-13H,14-19H2,1-2H3,(H,29,33). The van der Waals surface area contributed by atoms with E-state index in [9.17, 15) is 4.79 Å². The lowest BCUT2D eigenvalue weighted by Crippen LogP contribution is -2.46. The molecule has 1 amide bonds. The number of rotatable bonds is 7. The number of benzene rings is 2. The highest BCUT2D eigenvalue weighted by Gasteiger charge is 2.20. The molecule has 7 nitrogen and oxygen atoms in total. The van der Waals surface area contributed by atoms with Crippen LogP contribution in [0.4, 0.5) is 5.69 Å². The van der Waals surface area contributed by atoms with Gasteiger partial charge in [0, 0.05) is 49.5 Å². The molecule has 0 aliphatic carbocycles. The molecule has 0 bridgehead atoms. The molecule has 35 heavy (non-hydrogen) atoms. The van der Waals surface area contributed by atoms with Crippen LogP contribution in [0.5, 0.6) is 0 Å². The van der Waals surface area contributed by atoms with Crippen molar-refractivity contribution >= 4 is 11.6 Å². The van der Waals surface area contributed by atoms with Crippen molar-refractivity contribution in [3.8, 4) is 11.5 Å². The first kappa shape index (κ1) is 22.9. The summed E-state index contributed by atoms with van der Waals surface area (Å²) in [6, 6.07) is 21.6. The number of anilines is 1. The van der Waals surface area contributed by atoms with Crippen LogP contribution in [0.3, 0.4) is 0 Å². The Labute approximate surface area is 205 Å². The van der Waals surface area contributed by atoms with Crippen molar-refractivity contribution in [1.82, 2.24) is 15.2 Å². The highest BCUT2D eigenvalue weighted by molar-refractivity contribution is 5.94. The minimum atomic E-state index is -0.149. The van der Waals surface area contributed by atoms with Gasteiger partial charge >= 0.3 is 0 Å². The minimum Gasteiger partial charge on any atom is -0.465 e. The van der Waals surface area contributed by atoms with Crippen molar-refractivity contribution in [2.24, 2.45) is 0 Å². The van der Waals surface area contributed by atoms with Gasteiger partial charge < -0.3 is 19.1 Å². The van der Waals surface area contributed by atoms with Crippen LogP contribution in [0.1, 0.15) is 33.3 Å². The van der Waals surface area contributed by atoms with Gasteiger partial charge in [-0.25, -0.2) is 4.98 Å². The van der Waals surface area contributed by atoms with Gasteiger partial charge in [-0.2, -0.15) is 0 Å². The Hall–Kier alpha value is -3.84. The first-order valence-electron chi connectivity index (χ1n) is 12.0.